The van der Waals surface area contributed by atoms with E-state index in [4.69, 9.17) is 0 Å². The maximum Gasteiger partial charge on any atom is 0.315 e. The number of hydrogen-bond acceptors (Lipinski definition) is 2. The van der Waals surface area contributed by atoms with E-state index in [-0.39, 0.29) is 0 Å². The summed E-state index contributed by atoms with van der Waals surface area (Å²) in [6.07, 6.45) is 0.312. The Morgan fingerprint density at radius 2 is 2.00 bits per heavy atom. The molecule has 1 fully saturated rings. The Bertz CT molecular complexity index is 182. The molecule has 0 saturated carbocycles. The molecule has 82 valence electrons. The van der Waals surface area contributed by atoms with Crippen LogP contribution >= 0.6 is 0 Å². The SMILES string of the molecule is O=C(NCCCN1CCCC1)C(F)F. The summed E-state index contributed by atoms with van der Waals surface area (Å²) in [5.41, 5.74) is 0. The molecule has 3 nitrogen and oxygen atoms in total. The number of likely N-dealkylation sites (tertiary alicyclic amines) is 1. The number of rotatable bonds is 5. The maximum atomic E-state index is 11.7. The van der Waals surface area contributed by atoms with Gasteiger partial charge in [-0.1, -0.05) is 0 Å². The molecule has 0 unspecified atom stereocenters. The summed E-state index contributed by atoms with van der Waals surface area (Å²) < 4.78 is 23.5. The monoisotopic (exact) mass is 206 g/mol. The molecule has 1 rings (SSSR count). The number of alkyl halides is 2. The van der Waals surface area contributed by atoms with Gasteiger partial charge in [-0.25, -0.2) is 0 Å². The Kier molecular flexibility index (Phi) is 4.79. The lowest BCUT2D eigenvalue weighted by molar-refractivity contribution is -0.131. The van der Waals surface area contributed by atoms with Crippen molar-refractivity contribution >= 4 is 5.91 Å². The molecule has 1 heterocycles. The molecule has 0 aromatic rings. The fourth-order valence-electron chi connectivity index (χ4n) is 1.60. The second kappa shape index (κ2) is 5.90. The lowest BCUT2D eigenvalue weighted by Crippen LogP contribution is -2.32. The molecule has 1 N–H and O–H groups in total. The lowest BCUT2D eigenvalue weighted by atomic mass is 10.4. The molecule has 0 bridgehead atoms. The quantitative estimate of drug-likeness (QED) is 0.676. The number of halogens is 2. The van der Waals surface area contributed by atoms with Crippen molar-refractivity contribution in [2.24, 2.45) is 0 Å². The van der Waals surface area contributed by atoms with Gasteiger partial charge in [0.15, 0.2) is 0 Å². The fourth-order valence-corrected chi connectivity index (χ4v) is 1.60. The highest BCUT2D eigenvalue weighted by molar-refractivity contribution is 5.78. The molecule has 1 aliphatic rings. The molecule has 0 aromatic carbocycles. The summed E-state index contributed by atoms with van der Waals surface area (Å²) in [5.74, 6) is -1.16. The van der Waals surface area contributed by atoms with Crippen molar-refractivity contribution in [3.8, 4) is 0 Å². The van der Waals surface area contributed by atoms with E-state index in [1.807, 2.05) is 0 Å². The van der Waals surface area contributed by atoms with E-state index in [2.05, 4.69) is 10.2 Å². The third-order valence-electron chi connectivity index (χ3n) is 2.35. The first-order valence-electron chi connectivity index (χ1n) is 4.98. The minimum absolute atomic E-state index is 0.347. The van der Waals surface area contributed by atoms with E-state index in [0.717, 1.165) is 26.1 Å². The third-order valence-corrected chi connectivity index (χ3v) is 2.35. The number of carbonyl (C=O) groups is 1. The number of nitrogens with zero attached hydrogens (tertiary/aromatic N) is 1. The minimum atomic E-state index is -2.89. The van der Waals surface area contributed by atoms with Crippen LogP contribution < -0.4 is 5.32 Å². The van der Waals surface area contributed by atoms with Crippen LogP contribution in [0.4, 0.5) is 8.78 Å². The van der Waals surface area contributed by atoms with Gasteiger partial charge in [-0.15, -0.1) is 0 Å². The average molecular weight is 206 g/mol. The van der Waals surface area contributed by atoms with Gasteiger partial charge < -0.3 is 10.2 Å². The van der Waals surface area contributed by atoms with Gasteiger partial charge in [0, 0.05) is 6.54 Å². The van der Waals surface area contributed by atoms with E-state index in [0.29, 0.717) is 6.54 Å². The molecule has 0 spiro atoms. The van der Waals surface area contributed by atoms with Gasteiger partial charge in [0.2, 0.25) is 0 Å². The zero-order valence-electron chi connectivity index (χ0n) is 8.14. The fraction of sp³-hybridized carbons (Fsp3) is 0.889. The van der Waals surface area contributed by atoms with Crippen molar-refractivity contribution in [2.45, 2.75) is 25.7 Å². The van der Waals surface area contributed by atoms with Crippen molar-refractivity contribution in [3.05, 3.63) is 0 Å². The second-order valence-electron chi connectivity index (χ2n) is 3.49. The van der Waals surface area contributed by atoms with Crippen LogP contribution in [0.3, 0.4) is 0 Å². The summed E-state index contributed by atoms with van der Waals surface area (Å²) in [4.78, 5) is 12.8. The van der Waals surface area contributed by atoms with Crippen LogP contribution in [0.2, 0.25) is 0 Å². The maximum absolute atomic E-state index is 11.7. The lowest BCUT2D eigenvalue weighted by Gasteiger charge is -2.14. The number of amides is 1. The summed E-state index contributed by atoms with van der Waals surface area (Å²) in [5, 5.41) is 2.19. The smallest absolute Gasteiger partial charge is 0.315 e. The minimum Gasteiger partial charge on any atom is -0.351 e. The van der Waals surface area contributed by atoms with Crippen LogP contribution in [0.25, 0.3) is 0 Å². The second-order valence-corrected chi connectivity index (χ2v) is 3.49. The van der Waals surface area contributed by atoms with Crippen LogP contribution in [0.5, 0.6) is 0 Å². The van der Waals surface area contributed by atoms with E-state index in [1.54, 1.807) is 0 Å². The number of nitrogens with one attached hydrogen (secondary N) is 1. The molecular weight excluding hydrogens is 190 g/mol. The zero-order chi connectivity index (χ0) is 10.4. The van der Waals surface area contributed by atoms with E-state index >= 15 is 0 Å². The third kappa shape index (κ3) is 4.00. The van der Waals surface area contributed by atoms with Gasteiger partial charge in [0.05, 0.1) is 0 Å². The van der Waals surface area contributed by atoms with Gasteiger partial charge >= 0.3 is 6.43 Å². The Morgan fingerprint density at radius 3 is 2.57 bits per heavy atom. The van der Waals surface area contributed by atoms with E-state index in [9.17, 15) is 13.6 Å². The van der Waals surface area contributed by atoms with Crippen molar-refractivity contribution in [2.75, 3.05) is 26.2 Å². The van der Waals surface area contributed by atoms with Gasteiger partial charge in [-0.3, -0.25) is 4.79 Å². The molecular formula is C9H16F2N2O. The summed E-state index contributed by atoms with van der Waals surface area (Å²) in [6.45, 7) is 3.44. The highest BCUT2D eigenvalue weighted by Gasteiger charge is 2.14. The van der Waals surface area contributed by atoms with E-state index in [1.165, 1.54) is 12.8 Å². The van der Waals surface area contributed by atoms with Crippen molar-refractivity contribution < 1.29 is 13.6 Å². The first-order valence-corrected chi connectivity index (χ1v) is 4.98. The summed E-state index contributed by atoms with van der Waals surface area (Å²) in [7, 11) is 0. The van der Waals surface area contributed by atoms with Gasteiger partial charge in [0.25, 0.3) is 5.91 Å². The summed E-state index contributed by atoms with van der Waals surface area (Å²) >= 11 is 0. The molecule has 0 radical (unpaired) electrons. The van der Waals surface area contributed by atoms with Crippen LogP contribution in [0.15, 0.2) is 0 Å². The molecule has 1 saturated heterocycles. The molecule has 0 aromatic heterocycles. The molecule has 1 aliphatic heterocycles. The Hall–Kier alpha value is -0.710. The molecule has 0 atom stereocenters. The standard InChI is InChI=1S/C9H16F2N2O/c10-8(11)9(14)12-4-3-7-13-5-1-2-6-13/h8H,1-7H2,(H,12,14). The van der Waals surface area contributed by atoms with Crippen LogP contribution in [0, 0.1) is 0 Å². The van der Waals surface area contributed by atoms with Crippen molar-refractivity contribution in [3.63, 3.8) is 0 Å². The normalized spacial score (nSPS) is 17.6. The van der Waals surface area contributed by atoms with E-state index < -0.39 is 12.3 Å². The highest BCUT2D eigenvalue weighted by Crippen LogP contribution is 2.06. The molecule has 14 heavy (non-hydrogen) atoms. The first-order chi connectivity index (χ1) is 6.70. The predicted octanol–water partition coefficient (Wildman–Crippen LogP) is 0.854. The Balaban J connectivity index is 1.96. The number of hydrogen-bond donors (Lipinski definition) is 1. The van der Waals surface area contributed by atoms with Crippen LogP contribution in [-0.2, 0) is 4.79 Å². The summed E-state index contributed by atoms with van der Waals surface area (Å²) in [6, 6.07) is 0. The Labute approximate surface area is 82.5 Å². The molecule has 0 aliphatic carbocycles. The highest BCUT2D eigenvalue weighted by atomic mass is 19.3. The zero-order valence-corrected chi connectivity index (χ0v) is 8.14. The molecule has 1 amide bonds. The topological polar surface area (TPSA) is 32.3 Å². The van der Waals surface area contributed by atoms with Gasteiger partial charge in [-0.2, -0.15) is 8.78 Å². The van der Waals surface area contributed by atoms with Crippen LogP contribution in [0.1, 0.15) is 19.3 Å². The van der Waals surface area contributed by atoms with Gasteiger partial charge in [-0.05, 0) is 38.9 Å². The Morgan fingerprint density at radius 1 is 1.36 bits per heavy atom. The van der Waals surface area contributed by atoms with Gasteiger partial charge in [0.1, 0.15) is 0 Å². The first kappa shape index (κ1) is 11.4. The number of carbonyl (C=O) groups excluding carboxylic acids is 1. The molecule has 5 heteroatoms. The average Bonchev–Trinajstić information content (AvgIpc) is 2.64. The largest absolute Gasteiger partial charge is 0.351 e. The predicted molar refractivity (Wildman–Crippen MR) is 49.3 cm³/mol. The van der Waals surface area contributed by atoms with Crippen LogP contribution in [-0.4, -0.2) is 43.4 Å². The van der Waals surface area contributed by atoms with Crippen molar-refractivity contribution in [1.29, 1.82) is 0 Å². The van der Waals surface area contributed by atoms with Crippen molar-refractivity contribution in [1.82, 2.24) is 10.2 Å².